The number of ether oxygens (including phenoxy) is 1. The maximum Gasteiger partial charge on any atom is 0.234 e. The highest BCUT2D eigenvalue weighted by Gasteiger charge is 2.36. The summed E-state index contributed by atoms with van der Waals surface area (Å²) in [6.45, 7) is 1.02. The number of amides is 1. The first-order chi connectivity index (χ1) is 6.22. The Kier molecular flexibility index (Phi) is 3.69. The van der Waals surface area contributed by atoms with Gasteiger partial charge in [-0.15, -0.1) is 0 Å². The Labute approximate surface area is 79.0 Å². The van der Waals surface area contributed by atoms with Crippen LogP contribution in [0.15, 0.2) is 0 Å². The predicted molar refractivity (Wildman–Crippen MR) is 50.5 cm³/mol. The highest BCUT2D eigenvalue weighted by atomic mass is 16.5. The van der Waals surface area contributed by atoms with Crippen molar-refractivity contribution in [3.05, 3.63) is 0 Å². The van der Waals surface area contributed by atoms with Crippen LogP contribution in [0.25, 0.3) is 0 Å². The van der Waals surface area contributed by atoms with Crippen molar-refractivity contribution in [2.24, 2.45) is 0 Å². The smallest absolute Gasteiger partial charge is 0.234 e. The summed E-state index contributed by atoms with van der Waals surface area (Å²) >= 11 is 0. The second kappa shape index (κ2) is 4.58. The highest BCUT2D eigenvalue weighted by molar-refractivity contribution is 5.78. The molecule has 0 heterocycles. The minimum absolute atomic E-state index is 0.0332. The number of likely N-dealkylation sites (N-methyl/N-ethyl adjacent to an activating group) is 1. The first-order valence-electron chi connectivity index (χ1n) is 4.69. The third-order valence-electron chi connectivity index (χ3n) is 2.64. The Hall–Kier alpha value is -0.610. The number of hydrogen-bond donors (Lipinski definition) is 2. The molecule has 13 heavy (non-hydrogen) atoms. The van der Waals surface area contributed by atoms with Crippen molar-refractivity contribution < 1.29 is 9.53 Å². The van der Waals surface area contributed by atoms with Crippen molar-refractivity contribution in [1.29, 1.82) is 0 Å². The molecule has 0 aromatic carbocycles. The van der Waals surface area contributed by atoms with Crippen LogP contribution in [0.3, 0.4) is 0 Å². The predicted octanol–water partition coefficient (Wildman–Crippen LogP) is -0.109. The number of carbonyl (C=O) groups is 1. The molecule has 4 nitrogen and oxygen atoms in total. The van der Waals surface area contributed by atoms with Gasteiger partial charge in [-0.3, -0.25) is 4.79 Å². The summed E-state index contributed by atoms with van der Waals surface area (Å²) in [5.41, 5.74) is -0.0661. The summed E-state index contributed by atoms with van der Waals surface area (Å²) in [6, 6.07) is 0. The highest BCUT2D eigenvalue weighted by Crippen LogP contribution is 2.34. The first kappa shape index (κ1) is 10.5. The molecule has 0 spiro atoms. The van der Waals surface area contributed by atoms with Gasteiger partial charge in [0.15, 0.2) is 0 Å². The van der Waals surface area contributed by atoms with E-state index in [1.54, 1.807) is 14.2 Å². The van der Waals surface area contributed by atoms with Crippen molar-refractivity contribution in [2.45, 2.75) is 24.9 Å². The molecule has 1 aliphatic rings. The van der Waals surface area contributed by atoms with Crippen LogP contribution in [0.1, 0.15) is 19.3 Å². The van der Waals surface area contributed by atoms with Crippen LogP contribution in [-0.2, 0) is 9.53 Å². The van der Waals surface area contributed by atoms with E-state index in [2.05, 4.69) is 10.6 Å². The Morgan fingerprint density at radius 3 is 2.62 bits per heavy atom. The molecule has 1 fully saturated rings. The van der Waals surface area contributed by atoms with Crippen molar-refractivity contribution in [3.8, 4) is 0 Å². The lowest BCUT2D eigenvalue weighted by atomic mass is 9.80. The zero-order valence-corrected chi connectivity index (χ0v) is 8.35. The van der Waals surface area contributed by atoms with Gasteiger partial charge in [0.05, 0.1) is 12.1 Å². The van der Waals surface area contributed by atoms with Gasteiger partial charge in [0.25, 0.3) is 0 Å². The lowest BCUT2D eigenvalue weighted by molar-refractivity contribution is -0.123. The number of hydrogen-bond acceptors (Lipinski definition) is 3. The molecule has 76 valence electrons. The standard InChI is InChI=1S/C9H18N2O2/c1-10-6-8(12)11-7-9(13-2)4-3-5-9/h10H,3-7H2,1-2H3,(H,11,12). The molecular formula is C9H18N2O2. The molecular weight excluding hydrogens is 168 g/mol. The van der Waals surface area contributed by atoms with E-state index in [0.29, 0.717) is 13.1 Å². The van der Waals surface area contributed by atoms with Crippen molar-refractivity contribution >= 4 is 5.91 Å². The van der Waals surface area contributed by atoms with E-state index in [1.165, 1.54) is 6.42 Å². The number of nitrogens with one attached hydrogen (secondary N) is 2. The van der Waals surface area contributed by atoms with Crippen LogP contribution in [-0.4, -0.2) is 38.8 Å². The van der Waals surface area contributed by atoms with Crippen LogP contribution < -0.4 is 10.6 Å². The molecule has 0 aliphatic heterocycles. The molecule has 0 unspecified atom stereocenters. The molecule has 1 amide bonds. The summed E-state index contributed by atoms with van der Waals surface area (Å²) in [4.78, 5) is 11.1. The fourth-order valence-electron chi connectivity index (χ4n) is 1.51. The molecule has 0 atom stereocenters. The third kappa shape index (κ3) is 2.67. The maximum atomic E-state index is 11.1. The molecule has 0 saturated heterocycles. The van der Waals surface area contributed by atoms with Crippen molar-refractivity contribution in [3.63, 3.8) is 0 Å². The average Bonchev–Trinajstić information content (AvgIpc) is 2.04. The van der Waals surface area contributed by atoms with Gasteiger partial charge in [-0.2, -0.15) is 0 Å². The molecule has 0 aromatic rings. The molecule has 0 radical (unpaired) electrons. The summed E-state index contributed by atoms with van der Waals surface area (Å²) < 4.78 is 5.37. The SMILES string of the molecule is CNCC(=O)NCC1(OC)CCC1. The second-order valence-electron chi connectivity index (χ2n) is 3.55. The van der Waals surface area contributed by atoms with Crippen molar-refractivity contribution in [2.75, 3.05) is 27.2 Å². The van der Waals surface area contributed by atoms with Gasteiger partial charge in [0.1, 0.15) is 0 Å². The van der Waals surface area contributed by atoms with E-state index >= 15 is 0 Å². The largest absolute Gasteiger partial charge is 0.376 e. The molecule has 0 aromatic heterocycles. The molecule has 1 saturated carbocycles. The Morgan fingerprint density at radius 2 is 2.23 bits per heavy atom. The van der Waals surface area contributed by atoms with Gasteiger partial charge in [-0.1, -0.05) is 0 Å². The fourth-order valence-corrected chi connectivity index (χ4v) is 1.51. The quantitative estimate of drug-likeness (QED) is 0.630. The van der Waals surface area contributed by atoms with Gasteiger partial charge >= 0.3 is 0 Å². The van der Waals surface area contributed by atoms with Crippen LogP contribution in [0.2, 0.25) is 0 Å². The zero-order valence-electron chi connectivity index (χ0n) is 8.35. The Morgan fingerprint density at radius 1 is 1.54 bits per heavy atom. The summed E-state index contributed by atoms with van der Waals surface area (Å²) in [5.74, 6) is 0.0332. The van der Waals surface area contributed by atoms with Crippen LogP contribution in [0, 0.1) is 0 Å². The van der Waals surface area contributed by atoms with Crippen LogP contribution in [0.4, 0.5) is 0 Å². The number of rotatable bonds is 5. The lowest BCUT2D eigenvalue weighted by Crippen LogP contribution is -2.50. The summed E-state index contributed by atoms with van der Waals surface area (Å²) in [5, 5.41) is 5.66. The van der Waals surface area contributed by atoms with Gasteiger partial charge in [0.2, 0.25) is 5.91 Å². The third-order valence-corrected chi connectivity index (χ3v) is 2.64. The van der Waals surface area contributed by atoms with Gasteiger partial charge in [0, 0.05) is 13.7 Å². The molecule has 4 heteroatoms. The van der Waals surface area contributed by atoms with Crippen LogP contribution in [0.5, 0.6) is 0 Å². The monoisotopic (exact) mass is 186 g/mol. The first-order valence-corrected chi connectivity index (χ1v) is 4.69. The molecule has 0 bridgehead atoms. The van der Waals surface area contributed by atoms with E-state index in [1.807, 2.05) is 0 Å². The second-order valence-corrected chi connectivity index (χ2v) is 3.55. The normalized spacial score (nSPS) is 19.2. The maximum absolute atomic E-state index is 11.1. The lowest BCUT2D eigenvalue weighted by Gasteiger charge is -2.40. The number of carbonyl (C=O) groups excluding carboxylic acids is 1. The zero-order chi connectivity index (χ0) is 9.73. The topological polar surface area (TPSA) is 50.4 Å². The van der Waals surface area contributed by atoms with Crippen LogP contribution >= 0.6 is 0 Å². The van der Waals surface area contributed by atoms with Gasteiger partial charge in [-0.05, 0) is 26.3 Å². The summed E-state index contributed by atoms with van der Waals surface area (Å²) in [7, 11) is 3.47. The van der Waals surface area contributed by atoms with E-state index < -0.39 is 0 Å². The summed E-state index contributed by atoms with van der Waals surface area (Å²) in [6.07, 6.45) is 3.32. The molecule has 1 rings (SSSR count). The molecule has 1 aliphatic carbocycles. The van der Waals surface area contributed by atoms with Gasteiger partial charge in [-0.25, -0.2) is 0 Å². The average molecular weight is 186 g/mol. The number of methoxy groups -OCH3 is 1. The minimum Gasteiger partial charge on any atom is -0.376 e. The van der Waals surface area contributed by atoms with E-state index in [9.17, 15) is 4.79 Å². The van der Waals surface area contributed by atoms with Gasteiger partial charge < -0.3 is 15.4 Å². The van der Waals surface area contributed by atoms with E-state index in [0.717, 1.165) is 12.8 Å². The Bertz CT molecular complexity index is 173. The fraction of sp³-hybridized carbons (Fsp3) is 0.889. The Balaban J connectivity index is 2.20. The molecule has 2 N–H and O–H groups in total. The minimum atomic E-state index is -0.0661. The van der Waals surface area contributed by atoms with E-state index in [4.69, 9.17) is 4.74 Å². The van der Waals surface area contributed by atoms with Crippen molar-refractivity contribution in [1.82, 2.24) is 10.6 Å². The van der Waals surface area contributed by atoms with E-state index in [-0.39, 0.29) is 11.5 Å².